The molecule has 3 aromatic carbocycles. The van der Waals surface area contributed by atoms with Crippen LogP contribution in [0, 0.1) is 5.82 Å². The molecule has 0 fully saturated rings. The number of carbonyl (C=O) groups excluding carboxylic acids is 2. The van der Waals surface area contributed by atoms with Crippen LogP contribution in [0.1, 0.15) is 37.0 Å². The van der Waals surface area contributed by atoms with Crippen molar-refractivity contribution in [1.82, 2.24) is 10.2 Å². The van der Waals surface area contributed by atoms with Crippen LogP contribution < -0.4 is 5.32 Å². The number of nitrogens with zero attached hydrogens (tertiary/aromatic N) is 1. The molecule has 0 bridgehead atoms. The van der Waals surface area contributed by atoms with Crippen molar-refractivity contribution in [2.45, 2.75) is 51.1 Å². The third-order valence-electron chi connectivity index (χ3n) is 6.16. The minimum Gasteiger partial charge on any atom is -0.352 e. The standard InChI is InChI=1S/C29H30Cl3FN2O2S/c1-3-19(2)34-29(37)27(14-20-8-5-4-6-9-20)35(16-21-12-13-22(30)15-25(21)32)28(36)18-38-17-23-24(31)10-7-11-26(23)33/h4-13,15,19,27H,3,14,16-18H2,1-2H3,(H,34,37)/t19-,27-/m1/s1. The topological polar surface area (TPSA) is 49.4 Å². The molecule has 0 aromatic heterocycles. The van der Waals surface area contributed by atoms with Gasteiger partial charge in [0.05, 0.1) is 5.75 Å². The van der Waals surface area contributed by atoms with Crippen molar-refractivity contribution in [3.63, 3.8) is 0 Å². The Morgan fingerprint density at radius 1 is 1.00 bits per heavy atom. The minimum atomic E-state index is -0.789. The molecular weight excluding hydrogens is 566 g/mol. The lowest BCUT2D eigenvalue weighted by atomic mass is 10.0. The van der Waals surface area contributed by atoms with Gasteiger partial charge in [-0.15, -0.1) is 11.8 Å². The summed E-state index contributed by atoms with van der Waals surface area (Å²) in [6, 6.07) is 18.3. The Balaban J connectivity index is 1.91. The molecule has 3 rings (SSSR count). The van der Waals surface area contributed by atoms with Gasteiger partial charge < -0.3 is 10.2 Å². The lowest BCUT2D eigenvalue weighted by Gasteiger charge is -2.32. The van der Waals surface area contributed by atoms with Gasteiger partial charge in [-0.25, -0.2) is 4.39 Å². The number of hydrogen-bond donors (Lipinski definition) is 1. The number of halogens is 4. The molecular formula is C29H30Cl3FN2O2S. The zero-order valence-corrected chi connectivity index (χ0v) is 24.3. The predicted molar refractivity (Wildman–Crippen MR) is 156 cm³/mol. The van der Waals surface area contributed by atoms with E-state index in [1.807, 2.05) is 44.2 Å². The van der Waals surface area contributed by atoms with Crippen molar-refractivity contribution in [3.05, 3.63) is 104 Å². The SMILES string of the molecule is CC[C@@H](C)NC(=O)[C@@H](Cc1ccccc1)N(Cc1ccc(Cl)cc1Cl)C(=O)CSCc1c(F)cccc1Cl. The van der Waals surface area contributed by atoms with Crippen LogP contribution in [0.4, 0.5) is 4.39 Å². The fraction of sp³-hybridized carbons (Fsp3) is 0.310. The molecule has 4 nitrogen and oxygen atoms in total. The molecule has 0 aliphatic heterocycles. The van der Waals surface area contributed by atoms with Crippen LogP contribution in [-0.4, -0.2) is 34.6 Å². The molecule has 2 amide bonds. The van der Waals surface area contributed by atoms with Gasteiger partial charge in [0.15, 0.2) is 0 Å². The van der Waals surface area contributed by atoms with E-state index in [9.17, 15) is 14.0 Å². The average Bonchev–Trinajstić information content (AvgIpc) is 2.89. The summed E-state index contributed by atoms with van der Waals surface area (Å²) in [4.78, 5) is 28.8. The molecule has 3 aromatic rings. The molecule has 0 radical (unpaired) electrons. The first-order valence-electron chi connectivity index (χ1n) is 12.3. The largest absolute Gasteiger partial charge is 0.352 e. The van der Waals surface area contributed by atoms with Crippen LogP contribution in [0.2, 0.25) is 15.1 Å². The van der Waals surface area contributed by atoms with E-state index in [1.165, 1.54) is 17.8 Å². The highest BCUT2D eigenvalue weighted by Crippen LogP contribution is 2.27. The first kappa shape index (κ1) is 30.3. The zero-order chi connectivity index (χ0) is 27.7. The van der Waals surface area contributed by atoms with E-state index in [2.05, 4.69) is 5.32 Å². The predicted octanol–water partition coefficient (Wildman–Crippen LogP) is 7.57. The molecule has 1 N–H and O–H groups in total. The molecule has 0 aliphatic rings. The van der Waals surface area contributed by atoms with Crippen molar-refractivity contribution < 1.29 is 14.0 Å². The Kier molecular flexibility index (Phi) is 11.8. The third-order valence-corrected chi connectivity index (χ3v) is 8.05. The number of amides is 2. The van der Waals surface area contributed by atoms with E-state index in [-0.39, 0.29) is 35.9 Å². The summed E-state index contributed by atoms with van der Waals surface area (Å²) in [5.74, 6) is -0.692. The van der Waals surface area contributed by atoms with Crippen molar-refractivity contribution in [1.29, 1.82) is 0 Å². The highest BCUT2D eigenvalue weighted by molar-refractivity contribution is 7.99. The van der Waals surface area contributed by atoms with Crippen molar-refractivity contribution in [2.75, 3.05) is 5.75 Å². The van der Waals surface area contributed by atoms with Crippen LogP contribution in [0.25, 0.3) is 0 Å². The lowest BCUT2D eigenvalue weighted by Crippen LogP contribution is -2.52. The van der Waals surface area contributed by atoms with Crippen molar-refractivity contribution in [3.8, 4) is 0 Å². The van der Waals surface area contributed by atoms with E-state index in [1.54, 1.807) is 35.2 Å². The van der Waals surface area contributed by atoms with Gasteiger partial charge in [0.25, 0.3) is 0 Å². The molecule has 0 aliphatic carbocycles. The first-order valence-corrected chi connectivity index (χ1v) is 14.6. The lowest BCUT2D eigenvalue weighted by molar-refractivity contribution is -0.139. The molecule has 0 heterocycles. The highest BCUT2D eigenvalue weighted by atomic mass is 35.5. The first-order chi connectivity index (χ1) is 18.2. The molecule has 2 atom stereocenters. The van der Waals surface area contributed by atoms with E-state index in [0.29, 0.717) is 32.6 Å². The molecule has 0 spiro atoms. The van der Waals surface area contributed by atoms with E-state index < -0.39 is 11.9 Å². The van der Waals surface area contributed by atoms with Crippen molar-refractivity contribution >= 4 is 58.4 Å². The van der Waals surface area contributed by atoms with E-state index >= 15 is 0 Å². The Morgan fingerprint density at radius 3 is 2.39 bits per heavy atom. The van der Waals surface area contributed by atoms with Gasteiger partial charge in [0.1, 0.15) is 11.9 Å². The molecule has 38 heavy (non-hydrogen) atoms. The van der Waals surface area contributed by atoms with Gasteiger partial charge in [-0.3, -0.25) is 9.59 Å². The molecule has 9 heteroatoms. The van der Waals surface area contributed by atoms with Crippen LogP contribution in [-0.2, 0) is 28.3 Å². The summed E-state index contributed by atoms with van der Waals surface area (Å²) in [5.41, 5.74) is 1.93. The van der Waals surface area contributed by atoms with Crippen LogP contribution in [0.5, 0.6) is 0 Å². The number of thioether (sulfide) groups is 1. The van der Waals surface area contributed by atoms with Gasteiger partial charge in [0.2, 0.25) is 11.8 Å². The van der Waals surface area contributed by atoms with Crippen LogP contribution in [0.15, 0.2) is 66.7 Å². The molecule has 0 unspecified atom stereocenters. The number of benzene rings is 3. The van der Waals surface area contributed by atoms with Gasteiger partial charge in [-0.1, -0.05) is 84.2 Å². The normalized spacial score (nSPS) is 12.6. The van der Waals surface area contributed by atoms with Crippen LogP contribution in [0.3, 0.4) is 0 Å². The average molecular weight is 596 g/mol. The highest BCUT2D eigenvalue weighted by Gasteiger charge is 2.31. The molecule has 0 saturated heterocycles. The second kappa shape index (κ2) is 14.8. The van der Waals surface area contributed by atoms with E-state index in [4.69, 9.17) is 34.8 Å². The summed E-state index contributed by atoms with van der Waals surface area (Å²) >= 11 is 20.0. The van der Waals surface area contributed by atoms with E-state index in [0.717, 1.165) is 12.0 Å². The minimum absolute atomic E-state index is 0.0256. The summed E-state index contributed by atoms with van der Waals surface area (Å²) in [6.45, 7) is 4.02. The molecule has 0 saturated carbocycles. The van der Waals surface area contributed by atoms with Gasteiger partial charge in [0, 0.05) is 45.4 Å². The van der Waals surface area contributed by atoms with Gasteiger partial charge in [-0.2, -0.15) is 0 Å². The maximum absolute atomic E-state index is 14.3. The van der Waals surface area contributed by atoms with Gasteiger partial charge in [-0.05, 0) is 48.7 Å². The quantitative estimate of drug-likeness (QED) is 0.235. The second-order valence-electron chi connectivity index (χ2n) is 8.97. The Labute approximate surface area is 242 Å². The number of nitrogens with one attached hydrogen (secondary N) is 1. The Morgan fingerprint density at radius 2 is 1.74 bits per heavy atom. The van der Waals surface area contributed by atoms with Crippen molar-refractivity contribution in [2.24, 2.45) is 0 Å². The molecule has 202 valence electrons. The smallest absolute Gasteiger partial charge is 0.243 e. The Hall–Kier alpha value is -2.25. The number of rotatable bonds is 12. The maximum Gasteiger partial charge on any atom is 0.243 e. The zero-order valence-electron chi connectivity index (χ0n) is 21.2. The van der Waals surface area contributed by atoms with Gasteiger partial charge >= 0.3 is 0 Å². The van der Waals surface area contributed by atoms with Crippen LogP contribution >= 0.6 is 46.6 Å². The summed E-state index contributed by atoms with van der Waals surface area (Å²) < 4.78 is 14.3. The summed E-state index contributed by atoms with van der Waals surface area (Å²) in [7, 11) is 0. The Bertz CT molecular complexity index is 1230. The summed E-state index contributed by atoms with van der Waals surface area (Å²) in [5, 5.41) is 4.22. The number of hydrogen-bond acceptors (Lipinski definition) is 3. The number of carbonyl (C=O) groups is 2. The monoisotopic (exact) mass is 594 g/mol. The second-order valence-corrected chi connectivity index (χ2v) is 11.2. The third kappa shape index (κ3) is 8.63. The fourth-order valence-electron chi connectivity index (χ4n) is 3.82. The summed E-state index contributed by atoms with van der Waals surface area (Å²) in [6.07, 6.45) is 1.07. The fourth-order valence-corrected chi connectivity index (χ4v) is 5.54. The maximum atomic E-state index is 14.3.